The van der Waals surface area contributed by atoms with Crippen LogP contribution in [0.15, 0.2) is 24.3 Å². The molecule has 0 aliphatic carbocycles. The zero-order valence-electron chi connectivity index (χ0n) is 7.66. The SMILES string of the molecule is O=C(O)C(F)c1cccc(OC(F)(F)F)c1. The fraction of sp³-hybridized carbons (Fsp3) is 0.222. The lowest BCUT2D eigenvalue weighted by molar-refractivity contribution is -0.274. The van der Waals surface area contributed by atoms with Crippen molar-refractivity contribution in [3.05, 3.63) is 29.8 Å². The molecule has 3 nitrogen and oxygen atoms in total. The number of rotatable bonds is 3. The van der Waals surface area contributed by atoms with Gasteiger partial charge in [0.05, 0.1) is 0 Å². The molecule has 0 bridgehead atoms. The average molecular weight is 238 g/mol. The second-order valence-electron chi connectivity index (χ2n) is 2.82. The highest BCUT2D eigenvalue weighted by molar-refractivity contribution is 5.74. The highest BCUT2D eigenvalue weighted by Crippen LogP contribution is 2.26. The number of aliphatic carboxylic acids is 1. The summed E-state index contributed by atoms with van der Waals surface area (Å²) in [6, 6.07) is 3.77. The van der Waals surface area contributed by atoms with Crippen molar-refractivity contribution >= 4 is 5.97 Å². The molecule has 0 saturated carbocycles. The maximum Gasteiger partial charge on any atom is 0.573 e. The highest BCUT2D eigenvalue weighted by atomic mass is 19.4. The molecule has 0 aliphatic rings. The zero-order valence-corrected chi connectivity index (χ0v) is 7.66. The first kappa shape index (κ1) is 12.3. The van der Waals surface area contributed by atoms with Crippen LogP contribution in [0.1, 0.15) is 11.7 Å². The maximum absolute atomic E-state index is 12.9. The molecule has 1 unspecified atom stereocenters. The Bertz CT molecular complexity index is 389. The molecule has 1 aromatic rings. The van der Waals surface area contributed by atoms with E-state index < -0.39 is 29.8 Å². The molecule has 0 heterocycles. The number of benzene rings is 1. The van der Waals surface area contributed by atoms with Crippen LogP contribution in [0.5, 0.6) is 5.75 Å². The summed E-state index contributed by atoms with van der Waals surface area (Å²) >= 11 is 0. The number of ether oxygens (including phenoxy) is 1. The summed E-state index contributed by atoms with van der Waals surface area (Å²) < 4.78 is 51.8. The third kappa shape index (κ3) is 3.41. The predicted molar refractivity (Wildman–Crippen MR) is 44.6 cm³/mol. The zero-order chi connectivity index (χ0) is 12.3. The smallest absolute Gasteiger partial charge is 0.479 e. The van der Waals surface area contributed by atoms with E-state index in [1.165, 1.54) is 0 Å². The van der Waals surface area contributed by atoms with Gasteiger partial charge in [0.1, 0.15) is 5.75 Å². The largest absolute Gasteiger partial charge is 0.573 e. The Kier molecular flexibility index (Phi) is 3.36. The Labute approximate surface area is 87.3 Å². The molecule has 0 spiro atoms. The minimum atomic E-state index is -4.90. The molecular weight excluding hydrogens is 232 g/mol. The fourth-order valence-corrected chi connectivity index (χ4v) is 1.01. The molecule has 0 aromatic heterocycles. The summed E-state index contributed by atoms with van der Waals surface area (Å²) in [6.07, 6.45) is -7.27. The summed E-state index contributed by atoms with van der Waals surface area (Å²) in [7, 11) is 0. The van der Waals surface area contributed by atoms with Gasteiger partial charge < -0.3 is 9.84 Å². The molecule has 1 N–H and O–H groups in total. The lowest BCUT2D eigenvalue weighted by Crippen LogP contribution is -2.17. The van der Waals surface area contributed by atoms with Gasteiger partial charge in [-0.25, -0.2) is 9.18 Å². The Morgan fingerprint density at radius 3 is 2.50 bits per heavy atom. The van der Waals surface area contributed by atoms with Crippen LogP contribution in [0.4, 0.5) is 17.6 Å². The monoisotopic (exact) mass is 238 g/mol. The number of carbonyl (C=O) groups is 1. The maximum atomic E-state index is 12.9. The lowest BCUT2D eigenvalue weighted by Gasteiger charge is -2.10. The highest BCUT2D eigenvalue weighted by Gasteiger charge is 2.31. The number of hydrogen-bond donors (Lipinski definition) is 1. The summed E-state index contributed by atoms with van der Waals surface area (Å²) in [4.78, 5) is 10.3. The van der Waals surface area contributed by atoms with Crippen molar-refractivity contribution in [1.82, 2.24) is 0 Å². The summed E-state index contributed by atoms with van der Waals surface area (Å²) in [5, 5.41) is 8.32. The Morgan fingerprint density at radius 1 is 1.38 bits per heavy atom. The van der Waals surface area contributed by atoms with Crippen LogP contribution in [0.2, 0.25) is 0 Å². The van der Waals surface area contributed by atoms with Crippen molar-refractivity contribution < 1.29 is 32.2 Å². The van der Waals surface area contributed by atoms with Gasteiger partial charge in [0.25, 0.3) is 0 Å². The summed E-state index contributed by atoms with van der Waals surface area (Å²) in [5.41, 5.74) is -0.408. The van der Waals surface area contributed by atoms with Crippen molar-refractivity contribution in [1.29, 1.82) is 0 Å². The molecular formula is C9H6F4O3. The first-order chi connectivity index (χ1) is 7.29. The third-order valence-electron chi connectivity index (χ3n) is 1.60. The van der Waals surface area contributed by atoms with E-state index in [0.29, 0.717) is 6.07 Å². The second kappa shape index (κ2) is 4.38. The molecule has 0 amide bonds. The first-order valence-electron chi connectivity index (χ1n) is 4.02. The van der Waals surface area contributed by atoms with Crippen LogP contribution in [0, 0.1) is 0 Å². The molecule has 1 rings (SSSR count). The van der Waals surface area contributed by atoms with E-state index >= 15 is 0 Å². The Hall–Kier alpha value is -1.79. The number of carboxylic acids is 1. The van der Waals surface area contributed by atoms with Crippen molar-refractivity contribution in [2.75, 3.05) is 0 Å². The van der Waals surface area contributed by atoms with Crippen molar-refractivity contribution in [2.45, 2.75) is 12.5 Å². The molecule has 0 saturated heterocycles. The molecule has 16 heavy (non-hydrogen) atoms. The molecule has 88 valence electrons. The molecule has 0 radical (unpaired) electrons. The standard InChI is InChI=1S/C9H6F4O3/c10-7(8(14)15)5-2-1-3-6(4-5)16-9(11,12)13/h1-4,7H,(H,14,15). The minimum Gasteiger partial charge on any atom is -0.479 e. The minimum absolute atomic E-state index is 0.408. The molecule has 0 fully saturated rings. The van der Waals surface area contributed by atoms with Gasteiger partial charge in [0, 0.05) is 5.56 Å². The van der Waals surface area contributed by atoms with Crippen LogP contribution < -0.4 is 4.74 Å². The summed E-state index contributed by atoms with van der Waals surface area (Å²) in [6.45, 7) is 0. The van der Waals surface area contributed by atoms with E-state index in [2.05, 4.69) is 4.74 Å². The van der Waals surface area contributed by atoms with Crippen LogP contribution in [-0.4, -0.2) is 17.4 Å². The number of hydrogen-bond acceptors (Lipinski definition) is 2. The third-order valence-corrected chi connectivity index (χ3v) is 1.60. The molecule has 1 atom stereocenters. The van der Waals surface area contributed by atoms with Gasteiger partial charge in [-0.1, -0.05) is 12.1 Å². The quantitative estimate of drug-likeness (QED) is 0.823. The summed E-state index contributed by atoms with van der Waals surface area (Å²) in [5.74, 6) is -2.43. The Balaban J connectivity index is 2.91. The first-order valence-corrected chi connectivity index (χ1v) is 4.02. The van der Waals surface area contributed by atoms with Crippen LogP contribution >= 0.6 is 0 Å². The van der Waals surface area contributed by atoms with Crippen molar-refractivity contribution in [3.8, 4) is 5.75 Å². The molecule has 0 aliphatic heterocycles. The van der Waals surface area contributed by atoms with Gasteiger partial charge >= 0.3 is 12.3 Å². The predicted octanol–water partition coefficient (Wildman–Crippen LogP) is 2.68. The van der Waals surface area contributed by atoms with E-state index in [4.69, 9.17) is 5.11 Å². The van der Waals surface area contributed by atoms with Gasteiger partial charge in [0.2, 0.25) is 6.17 Å². The van der Waals surface area contributed by atoms with Gasteiger partial charge in [-0.15, -0.1) is 13.2 Å². The van der Waals surface area contributed by atoms with E-state index in [1.54, 1.807) is 0 Å². The normalized spacial score (nSPS) is 13.2. The average Bonchev–Trinajstić information content (AvgIpc) is 2.14. The van der Waals surface area contributed by atoms with Crippen molar-refractivity contribution in [2.24, 2.45) is 0 Å². The number of halogens is 4. The van der Waals surface area contributed by atoms with Gasteiger partial charge in [-0.05, 0) is 12.1 Å². The van der Waals surface area contributed by atoms with Crippen LogP contribution in [0.25, 0.3) is 0 Å². The second-order valence-corrected chi connectivity index (χ2v) is 2.82. The van der Waals surface area contributed by atoms with E-state index in [1.807, 2.05) is 0 Å². The lowest BCUT2D eigenvalue weighted by atomic mass is 10.1. The van der Waals surface area contributed by atoms with Crippen LogP contribution in [0.3, 0.4) is 0 Å². The van der Waals surface area contributed by atoms with Gasteiger partial charge in [0.15, 0.2) is 0 Å². The van der Waals surface area contributed by atoms with Crippen LogP contribution in [-0.2, 0) is 4.79 Å². The molecule has 1 aromatic carbocycles. The van der Waals surface area contributed by atoms with Gasteiger partial charge in [-0.2, -0.15) is 0 Å². The number of carboxylic acid groups (broad SMARTS) is 1. The topological polar surface area (TPSA) is 46.5 Å². The van der Waals surface area contributed by atoms with Gasteiger partial charge in [-0.3, -0.25) is 0 Å². The van der Waals surface area contributed by atoms with Crippen molar-refractivity contribution in [3.63, 3.8) is 0 Å². The number of alkyl halides is 4. The van der Waals surface area contributed by atoms with E-state index in [9.17, 15) is 22.4 Å². The Morgan fingerprint density at radius 2 is 2.00 bits per heavy atom. The van der Waals surface area contributed by atoms with E-state index in [0.717, 1.165) is 18.2 Å². The van der Waals surface area contributed by atoms with E-state index in [-0.39, 0.29) is 0 Å². The molecule has 7 heteroatoms. The fourth-order valence-electron chi connectivity index (χ4n) is 1.01.